The van der Waals surface area contributed by atoms with Gasteiger partial charge in [0, 0.05) is 0 Å². The van der Waals surface area contributed by atoms with Crippen molar-refractivity contribution in [3.8, 4) is 0 Å². The van der Waals surface area contributed by atoms with Gasteiger partial charge in [0.1, 0.15) is 0 Å². The summed E-state index contributed by atoms with van der Waals surface area (Å²) in [4.78, 5) is 123. The van der Waals surface area contributed by atoms with Crippen molar-refractivity contribution < 1.29 is 65.9 Å². The van der Waals surface area contributed by atoms with Crippen LogP contribution in [0.15, 0.2) is 0 Å². The minimum atomic E-state index is -9.09. The predicted molar refractivity (Wildman–Crippen MR) is 247 cm³/mol. The summed E-state index contributed by atoms with van der Waals surface area (Å²) in [5.74, 6) is -11.7. The van der Waals surface area contributed by atoms with Crippen LogP contribution in [0, 0.1) is 0 Å². The van der Waals surface area contributed by atoms with E-state index in [9.17, 15) is 43.2 Å². The van der Waals surface area contributed by atoms with Crippen molar-refractivity contribution in [2.24, 2.45) is 0 Å². The number of amides is 3. The van der Waals surface area contributed by atoms with Crippen LogP contribution >= 0.6 is 0 Å². The molecule has 0 aliphatic carbocycles. The molecule has 0 unspecified atom stereocenters. The molecule has 384 valence electrons. The van der Waals surface area contributed by atoms with Crippen LogP contribution in [-0.2, 0) is 65.9 Å². The van der Waals surface area contributed by atoms with E-state index in [1.807, 2.05) is 0 Å². The minimum absolute atomic E-state index is 0.0433. The second-order valence-corrected chi connectivity index (χ2v) is 23.2. The molecule has 3 amide bonds. The van der Waals surface area contributed by atoms with Gasteiger partial charge in [-0.2, -0.15) is 0 Å². The van der Waals surface area contributed by atoms with E-state index < -0.39 is 104 Å². The van der Waals surface area contributed by atoms with Gasteiger partial charge in [0.05, 0.1) is 0 Å². The number of carbonyl (C=O) groups is 9. The summed E-state index contributed by atoms with van der Waals surface area (Å²) in [7, 11) is 0. The van der Waals surface area contributed by atoms with Crippen LogP contribution in [0.4, 0.5) is 0 Å². The Morgan fingerprint density at radius 2 is 0.567 bits per heavy atom. The Morgan fingerprint density at radius 3 is 0.791 bits per heavy atom. The second-order valence-electron chi connectivity index (χ2n) is 18.9. The molecule has 0 aromatic carbocycles. The quantitative estimate of drug-likeness (QED) is 0.0416. The molecule has 1 spiro atoms. The summed E-state index contributed by atoms with van der Waals surface area (Å²) in [6.45, 7) is 6.45. The molecular weight excluding hydrogens is 886 g/mol. The molecule has 3 saturated heterocycles. The standard InChI is InChI=1S/3C16H29NO5.Al/c3*1-2-3-4-5-6-7-8-9-10-11-14(18)17-13(16(21)22)12-15(19)20;/h3*13H,2-12H2,1H3,(H,17,18)(H,19,20)(H,21,22);/q;;;+3/p-6/t3*13-;/m000./s1. The first-order valence-electron chi connectivity index (χ1n) is 25.9. The van der Waals surface area contributed by atoms with Crippen molar-refractivity contribution in [1.82, 2.24) is 16.0 Å². The third-order valence-corrected chi connectivity index (χ3v) is 17.1. The van der Waals surface area contributed by atoms with Crippen LogP contribution in [0.1, 0.15) is 233 Å². The van der Waals surface area contributed by atoms with Crippen LogP contribution in [0.2, 0.25) is 0 Å². The summed E-state index contributed by atoms with van der Waals surface area (Å²) >= 11 is -9.09. The number of hydrogen-bond acceptors (Lipinski definition) is 15. The molecule has 3 fully saturated rings. The molecule has 0 saturated carbocycles. The molecule has 3 N–H and O–H groups in total. The fourth-order valence-electron chi connectivity index (χ4n) is 8.94. The average molecular weight is 967 g/mol. The molecule has 3 atom stereocenters. The van der Waals surface area contributed by atoms with Gasteiger partial charge in [-0.25, -0.2) is 0 Å². The van der Waals surface area contributed by atoms with E-state index in [0.29, 0.717) is 19.3 Å². The number of carbonyl (C=O) groups excluding carboxylic acids is 9. The van der Waals surface area contributed by atoms with Crippen molar-refractivity contribution >= 4 is 66.5 Å². The van der Waals surface area contributed by atoms with Crippen LogP contribution in [0.3, 0.4) is 0 Å². The Labute approximate surface area is 397 Å². The molecule has 3 aliphatic heterocycles. The first-order valence-corrected chi connectivity index (χ1v) is 28.8. The second kappa shape index (κ2) is 28.9. The van der Waals surface area contributed by atoms with Crippen LogP contribution in [0.25, 0.3) is 0 Å². The monoisotopic (exact) mass is 967 g/mol. The zero-order valence-electron chi connectivity index (χ0n) is 40.8. The molecule has 67 heavy (non-hydrogen) atoms. The van der Waals surface area contributed by atoms with Crippen molar-refractivity contribution in [2.45, 2.75) is 251 Å². The van der Waals surface area contributed by atoms with Gasteiger partial charge in [-0.05, 0) is 0 Å². The van der Waals surface area contributed by atoms with E-state index in [2.05, 4.69) is 36.7 Å². The third-order valence-electron chi connectivity index (χ3n) is 12.7. The number of nitrogens with one attached hydrogen (secondary N) is 3. The summed E-state index contributed by atoms with van der Waals surface area (Å²) in [6.07, 6.45) is 23.2. The normalized spacial score (nSPS) is 21.8. The Hall–Kier alpha value is -4.24. The van der Waals surface area contributed by atoms with Crippen LogP contribution in [-0.4, -0.2) is 84.6 Å². The van der Waals surface area contributed by atoms with E-state index >= 15 is 0 Å². The molecule has 3 aliphatic rings. The summed E-state index contributed by atoms with van der Waals surface area (Å²) in [5.41, 5.74) is 0. The Bertz CT molecular complexity index is 1490. The number of hydrogen-bond donors (Lipinski definition) is 3. The topological polar surface area (TPSA) is 245 Å². The molecule has 0 radical (unpaired) electrons. The van der Waals surface area contributed by atoms with Gasteiger partial charge in [0.2, 0.25) is 0 Å². The maximum atomic E-state index is 14.1. The molecule has 3 heterocycles. The summed E-state index contributed by atoms with van der Waals surface area (Å²) < 4.78 is 33.0. The van der Waals surface area contributed by atoms with E-state index in [1.165, 1.54) is 38.5 Å². The van der Waals surface area contributed by atoms with Crippen LogP contribution < -0.4 is 16.0 Å². The first-order chi connectivity index (χ1) is 32.1. The van der Waals surface area contributed by atoms with Gasteiger partial charge >= 0.3 is 321 Å². The molecule has 0 aromatic heterocycles. The third kappa shape index (κ3) is 19.4. The number of unbranched alkanes of at least 4 members (excludes halogenated alkanes) is 24. The van der Waals surface area contributed by atoms with Gasteiger partial charge in [-0.1, -0.05) is 78.6 Å². The van der Waals surface area contributed by atoms with E-state index in [4.69, 9.17) is 22.7 Å². The predicted octanol–water partition coefficient (Wildman–Crippen LogP) is 8.01. The molecule has 0 bridgehead atoms. The van der Waals surface area contributed by atoms with Crippen molar-refractivity contribution in [2.75, 3.05) is 0 Å². The van der Waals surface area contributed by atoms with Crippen molar-refractivity contribution in [1.29, 1.82) is 0 Å². The van der Waals surface area contributed by atoms with Gasteiger partial charge in [0.15, 0.2) is 0 Å². The molecule has 3 rings (SSSR count). The van der Waals surface area contributed by atoms with E-state index in [1.54, 1.807) is 0 Å². The van der Waals surface area contributed by atoms with Crippen LogP contribution in [0.5, 0.6) is 0 Å². The molecule has 18 nitrogen and oxygen atoms in total. The van der Waals surface area contributed by atoms with Gasteiger partial charge in [-0.3, -0.25) is 0 Å². The fraction of sp³-hybridized carbons (Fsp3) is 0.812. The zero-order chi connectivity index (χ0) is 49.0. The zero-order valence-corrected chi connectivity index (χ0v) is 41.9. The van der Waals surface area contributed by atoms with Gasteiger partial charge in [0.25, 0.3) is 0 Å². The SMILES string of the molecule is CCCCCCCCCCCC(=O)N[C@H]1CC(=O)[O][Al-3]23([O]C(=O)C[C@H](NC(=O)CCCCCCCCCCC)C(=O)[O]2)([O]C(=O)C[C@H](NC(=O)CCCCCCCCCCC)C(=O)[O]3)[O]C1=O. The van der Waals surface area contributed by atoms with Gasteiger partial charge in [-0.15, -0.1) is 0 Å². The molecule has 19 heteroatoms. The fourth-order valence-corrected chi connectivity index (χ4v) is 13.5. The van der Waals surface area contributed by atoms with Crippen molar-refractivity contribution in [3.05, 3.63) is 0 Å². The summed E-state index contributed by atoms with van der Waals surface area (Å²) in [5, 5.41) is 7.13. The Balaban J connectivity index is 1.81. The molecular formula is C48H81AlN3O15-3. The molecule has 0 aromatic rings. The Morgan fingerprint density at radius 1 is 0.358 bits per heavy atom. The van der Waals surface area contributed by atoms with Crippen molar-refractivity contribution in [3.63, 3.8) is 0 Å². The maximum absolute atomic E-state index is 14.1. The number of rotatable bonds is 33. The van der Waals surface area contributed by atoms with Gasteiger partial charge < -0.3 is 0 Å². The van der Waals surface area contributed by atoms with E-state index in [-0.39, 0.29) is 19.3 Å². The summed E-state index contributed by atoms with van der Waals surface area (Å²) in [6, 6.07) is -5.65. The Kier molecular flexibility index (Phi) is 24.7. The average Bonchev–Trinajstić information content (AvgIpc) is 3.46. The first kappa shape index (κ1) is 57.1. The van der Waals surface area contributed by atoms with E-state index in [0.717, 1.165) is 116 Å².